The standard InChI is InChI=1S/C26H19ClINO6S/c1-34-21-11-17(10-20(28)23(21)35-14-16-3-2-4-18(9-16)25(31)32)12-22-24(30)29(26(33)36-22)13-15-5-7-19(27)8-6-15/h2-12H,13-14H2,1H3,(H,31,32)/b22-12+. The Morgan fingerprint density at radius 3 is 2.56 bits per heavy atom. The molecule has 0 unspecified atom stereocenters. The number of carboxylic acids is 1. The normalized spacial score (nSPS) is 14.4. The van der Waals surface area contributed by atoms with E-state index in [9.17, 15) is 19.5 Å². The Kier molecular flexibility index (Phi) is 8.22. The van der Waals surface area contributed by atoms with Crippen LogP contribution in [0.15, 0.2) is 65.6 Å². The highest BCUT2D eigenvalue weighted by Gasteiger charge is 2.35. The number of carbonyl (C=O) groups is 3. The summed E-state index contributed by atoms with van der Waals surface area (Å²) in [6.45, 7) is 0.312. The van der Waals surface area contributed by atoms with Crippen LogP contribution in [0.2, 0.25) is 5.02 Å². The zero-order valence-corrected chi connectivity index (χ0v) is 22.6. The Morgan fingerprint density at radius 1 is 1.11 bits per heavy atom. The number of amides is 2. The number of thioether (sulfide) groups is 1. The van der Waals surface area contributed by atoms with Gasteiger partial charge in [0.1, 0.15) is 6.61 Å². The van der Waals surface area contributed by atoms with E-state index in [2.05, 4.69) is 22.6 Å². The summed E-state index contributed by atoms with van der Waals surface area (Å²) in [6.07, 6.45) is 1.65. The summed E-state index contributed by atoms with van der Waals surface area (Å²) in [5.41, 5.74) is 2.35. The second-order valence-corrected chi connectivity index (χ2v) is 10.3. The van der Waals surface area contributed by atoms with Gasteiger partial charge in [0.25, 0.3) is 11.1 Å². The van der Waals surface area contributed by atoms with E-state index in [1.807, 2.05) is 6.07 Å². The predicted molar refractivity (Wildman–Crippen MR) is 146 cm³/mol. The van der Waals surface area contributed by atoms with Crippen LogP contribution in [-0.2, 0) is 17.9 Å². The maximum atomic E-state index is 12.9. The molecule has 2 amide bonds. The van der Waals surface area contributed by atoms with Crippen molar-refractivity contribution in [1.29, 1.82) is 0 Å². The van der Waals surface area contributed by atoms with Crippen molar-refractivity contribution in [2.45, 2.75) is 13.2 Å². The number of aromatic carboxylic acids is 1. The zero-order chi connectivity index (χ0) is 25.8. The summed E-state index contributed by atoms with van der Waals surface area (Å²) in [7, 11) is 1.51. The molecule has 4 rings (SSSR count). The van der Waals surface area contributed by atoms with E-state index >= 15 is 0 Å². The van der Waals surface area contributed by atoms with Crippen LogP contribution in [-0.4, -0.2) is 34.2 Å². The Balaban J connectivity index is 1.52. The lowest BCUT2D eigenvalue weighted by Gasteiger charge is -2.14. The first-order chi connectivity index (χ1) is 17.2. The van der Waals surface area contributed by atoms with Gasteiger partial charge in [-0.15, -0.1) is 0 Å². The fourth-order valence-corrected chi connectivity index (χ4v) is 5.22. The van der Waals surface area contributed by atoms with Crippen LogP contribution in [0, 0.1) is 3.57 Å². The molecule has 0 radical (unpaired) electrons. The first kappa shape index (κ1) is 26.1. The molecule has 1 aliphatic heterocycles. The minimum Gasteiger partial charge on any atom is -0.493 e. The summed E-state index contributed by atoms with van der Waals surface area (Å²) >= 11 is 8.90. The molecule has 10 heteroatoms. The highest BCUT2D eigenvalue weighted by molar-refractivity contribution is 14.1. The highest BCUT2D eigenvalue weighted by atomic mass is 127. The van der Waals surface area contributed by atoms with Crippen LogP contribution < -0.4 is 9.47 Å². The van der Waals surface area contributed by atoms with Crippen molar-refractivity contribution in [2.75, 3.05) is 7.11 Å². The summed E-state index contributed by atoms with van der Waals surface area (Å²) in [5.74, 6) is -0.437. The van der Waals surface area contributed by atoms with Crippen molar-refractivity contribution in [2.24, 2.45) is 0 Å². The molecule has 1 N–H and O–H groups in total. The molecule has 0 saturated carbocycles. The van der Waals surface area contributed by atoms with Gasteiger partial charge >= 0.3 is 5.97 Å². The summed E-state index contributed by atoms with van der Waals surface area (Å²) in [6, 6.07) is 17.0. The highest BCUT2D eigenvalue weighted by Crippen LogP contribution is 2.38. The smallest absolute Gasteiger partial charge is 0.335 e. The Labute approximate surface area is 230 Å². The average molecular weight is 636 g/mol. The number of carboxylic acid groups (broad SMARTS) is 1. The van der Waals surface area contributed by atoms with E-state index in [1.54, 1.807) is 54.6 Å². The van der Waals surface area contributed by atoms with Gasteiger partial charge in [-0.3, -0.25) is 14.5 Å². The minimum atomic E-state index is -1.01. The molecule has 7 nitrogen and oxygen atoms in total. The third-order valence-electron chi connectivity index (χ3n) is 5.23. The Bertz CT molecular complexity index is 1380. The molecule has 184 valence electrons. The number of hydrogen-bond acceptors (Lipinski definition) is 6. The van der Waals surface area contributed by atoms with E-state index < -0.39 is 5.97 Å². The van der Waals surface area contributed by atoms with Crippen molar-refractivity contribution >= 4 is 69.1 Å². The zero-order valence-electron chi connectivity index (χ0n) is 18.9. The predicted octanol–water partition coefficient (Wildman–Crippen LogP) is 6.47. The van der Waals surface area contributed by atoms with Crippen molar-refractivity contribution in [3.8, 4) is 11.5 Å². The molecule has 0 bridgehead atoms. The number of hydrogen-bond donors (Lipinski definition) is 1. The van der Waals surface area contributed by atoms with Gasteiger partial charge in [-0.05, 0) is 93.5 Å². The van der Waals surface area contributed by atoms with Gasteiger partial charge in [-0.2, -0.15) is 0 Å². The maximum absolute atomic E-state index is 12.9. The number of carbonyl (C=O) groups excluding carboxylic acids is 2. The maximum Gasteiger partial charge on any atom is 0.335 e. The van der Waals surface area contributed by atoms with Gasteiger partial charge in [0.05, 0.1) is 27.7 Å². The molecule has 1 heterocycles. The van der Waals surface area contributed by atoms with Crippen LogP contribution in [0.3, 0.4) is 0 Å². The van der Waals surface area contributed by atoms with Crippen molar-refractivity contribution in [3.05, 3.63) is 96.4 Å². The Hall–Kier alpha value is -3.02. The first-order valence-corrected chi connectivity index (χ1v) is 12.8. The molecule has 1 aliphatic rings. The van der Waals surface area contributed by atoms with Crippen LogP contribution in [0.5, 0.6) is 11.5 Å². The second-order valence-electron chi connectivity index (χ2n) is 7.72. The van der Waals surface area contributed by atoms with E-state index in [1.165, 1.54) is 18.1 Å². The average Bonchev–Trinajstić information content (AvgIpc) is 3.11. The third kappa shape index (κ3) is 6.03. The van der Waals surface area contributed by atoms with Gasteiger partial charge in [-0.25, -0.2) is 4.79 Å². The molecule has 1 fully saturated rings. The number of halogens is 2. The minimum absolute atomic E-state index is 0.149. The van der Waals surface area contributed by atoms with Crippen LogP contribution >= 0.6 is 46.0 Å². The van der Waals surface area contributed by atoms with Gasteiger partial charge in [0, 0.05) is 5.02 Å². The molecule has 3 aromatic rings. The number of rotatable bonds is 8. The van der Waals surface area contributed by atoms with Crippen molar-refractivity contribution in [3.63, 3.8) is 0 Å². The van der Waals surface area contributed by atoms with Gasteiger partial charge < -0.3 is 14.6 Å². The van der Waals surface area contributed by atoms with E-state index in [4.69, 9.17) is 21.1 Å². The van der Waals surface area contributed by atoms with Crippen molar-refractivity contribution < 1.29 is 29.0 Å². The topological polar surface area (TPSA) is 93.1 Å². The number of nitrogens with zero attached hydrogens (tertiary/aromatic N) is 1. The van der Waals surface area contributed by atoms with Gasteiger partial charge in [0.2, 0.25) is 0 Å². The van der Waals surface area contributed by atoms with Gasteiger partial charge in [0.15, 0.2) is 11.5 Å². The van der Waals surface area contributed by atoms with E-state index in [0.717, 1.165) is 20.9 Å². The first-order valence-electron chi connectivity index (χ1n) is 10.6. The largest absolute Gasteiger partial charge is 0.493 e. The molecular weight excluding hydrogens is 617 g/mol. The molecular formula is C26H19ClINO6S. The monoisotopic (exact) mass is 635 g/mol. The molecule has 0 aromatic heterocycles. The second kappa shape index (κ2) is 11.4. The fraction of sp³-hybridized carbons (Fsp3) is 0.115. The number of imide groups is 1. The quantitative estimate of drug-likeness (QED) is 0.224. The molecule has 0 atom stereocenters. The molecule has 3 aromatic carbocycles. The Morgan fingerprint density at radius 2 is 1.86 bits per heavy atom. The molecule has 0 spiro atoms. The van der Waals surface area contributed by atoms with Crippen molar-refractivity contribution in [1.82, 2.24) is 4.90 Å². The summed E-state index contributed by atoms with van der Waals surface area (Å²) in [4.78, 5) is 38.1. The third-order valence-corrected chi connectivity index (χ3v) is 7.19. The molecule has 0 aliphatic carbocycles. The lowest BCUT2D eigenvalue weighted by molar-refractivity contribution is -0.123. The van der Waals surface area contributed by atoms with Crippen LogP contribution in [0.4, 0.5) is 4.79 Å². The SMILES string of the molecule is COc1cc(/C=C2/SC(=O)N(Cc3ccc(Cl)cc3)C2=O)cc(I)c1OCc1cccc(C(=O)O)c1. The van der Waals surface area contributed by atoms with Crippen LogP contribution in [0.1, 0.15) is 27.0 Å². The fourth-order valence-electron chi connectivity index (χ4n) is 3.47. The van der Waals surface area contributed by atoms with E-state index in [0.29, 0.717) is 32.6 Å². The van der Waals surface area contributed by atoms with Gasteiger partial charge in [-0.1, -0.05) is 35.9 Å². The lowest BCUT2D eigenvalue weighted by atomic mass is 10.1. The number of benzene rings is 3. The lowest BCUT2D eigenvalue weighted by Crippen LogP contribution is -2.27. The number of ether oxygens (including phenoxy) is 2. The summed E-state index contributed by atoms with van der Waals surface area (Å²) < 4.78 is 12.2. The molecule has 1 saturated heterocycles. The van der Waals surface area contributed by atoms with Crippen LogP contribution in [0.25, 0.3) is 6.08 Å². The van der Waals surface area contributed by atoms with E-state index in [-0.39, 0.29) is 29.9 Å². The summed E-state index contributed by atoms with van der Waals surface area (Å²) in [5, 5.41) is 9.42. The molecule has 36 heavy (non-hydrogen) atoms. The number of methoxy groups -OCH3 is 1.